The lowest BCUT2D eigenvalue weighted by atomic mass is 9.60. The van der Waals surface area contributed by atoms with Gasteiger partial charge in [-0.25, -0.2) is 0 Å². The van der Waals surface area contributed by atoms with Crippen LogP contribution < -0.4 is 0 Å². The minimum Gasteiger partial charge on any atom is -0.508 e. The summed E-state index contributed by atoms with van der Waals surface area (Å²) in [6.45, 7) is 9.82. The molecular formula is C40H34OS. The van der Waals surface area contributed by atoms with Crippen molar-refractivity contribution in [3.05, 3.63) is 147 Å². The Bertz CT molecular complexity index is 2000. The Balaban J connectivity index is 1.56. The van der Waals surface area contributed by atoms with Crippen molar-refractivity contribution in [2.45, 2.75) is 44.9 Å². The molecule has 1 heterocycles. The number of thiophene rings is 1. The number of hydrogen-bond donors (Lipinski definition) is 1. The number of aromatic hydroxyl groups is 1. The van der Waals surface area contributed by atoms with Crippen LogP contribution in [-0.4, -0.2) is 5.11 Å². The highest BCUT2D eigenvalue weighted by Crippen LogP contribution is 2.59. The van der Waals surface area contributed by atoms with Gasteiger partial charge in [-0.15, -0.1) is 11.3 Å². The number of benzene rings is 4. The standard InChI is InChI=1S/C40H34OS/c1-38(2)24-25-10-5-6-11-28(25)36-30-13-8-7-12-29(30)35-31-19-20-33(31)40(34-14-9-23-42-34,26-15-17-27(41)18-16-26)22-21-32(35)37(36)39(38,3)4/h5-23,41H,24H2,1-4H3. The second-order valence-electron chi connectivity index (χ2n) is 13.3. The maximum atomic E-state index is 10.2. The fourth-order valence-electron chi connectivity index (χ4n) is 7.74. The zero-order valence-corrected chi connectivity index (χ0v) is 25.3. The first-order chi connectivity index (χ1) is 20.2. The third-order valence-electron chi connectivity index (χ3n) is 10.6. The summed E-state index contributed by atoms with van der Waals surface area (Å²) in [4.78, 5) is 1.29. The van der Waals surface area contributed by atoms with Crippen LogP contribution in [0.1, 0.15) is 60.4 Å². The first kappa shape index (κ1) is 25.6. The van der Waals surface area contributed by atoms with Gasteiger partial charge in [-0.1, -0.05) is 119 Å². The second kappa shape index (κ2) is 8.69. The highest BCUT2D eigenvalue weighted by atomic mass is 32.1. The third kappa shape index (κ3) is 3.25. The number of phenols is 1. The lowest BCUT2D eigenvalue weighted by molar-refractivity contribution is 0.199. The van der Waals surface area contributed by atoms with Crippen LogP contribution in [0.3, 0.4) is 0 Å². The molecule has 1 unspecified atom stereocenters. The minimum atomic E-state index is -0.443. The van der Waals surface area contributed by atoms with E-state index in [0.29, 0.717) is 5.75 Å². The normalized spacial score (nSPS) is 21.0. The Labute approximate surface area is 252 Å². The van der Waals surface area contributed by atoms with Gasteiger partial charge in [0, 0.05) is 4.88 Å². The van der Waals surface area contributed by atoms with E-state index in [2.05, 4.69) is 130 Å². The van der Waals surface area contributed by atoms with Crippen molar-refractivity contribution >= 4 is 33.8 Å². The summed E-state index contributed by atoms with van der Waals surface area (Å²) in [5.41, 5.74) is 11.6. The molecule has 4 aromatic carbocycles. The summed E-state index contributed by atoms with van der Waals surface area (Å²) in [7, 11) is 0. The van der Waals surface area contributed by atoms with E-state index in [9.17, 15) is 5.11 Å². The van der Waals surface area contributed by atoms with Crippen LogP contribution in [0.2, 0.25) is 0 Å². The summed E-state index contributed by atoms with van der Waals surface area (Å²) >= 11 is 1.80. The van der Waals surface area contributed by atoms with Gasteiger partial charge in [-0.2, -0.15) is 0 Å². The smallest absolute Gasteiger partial charge is 0.115 e. The third-order valence-corrected chi connectivity index (χ3v) is 11.6. The maximum Gasteiger partial charge on any atom is 0.115 e. The fourth-order valence-corrected chi connectivity index (χ4v) is 8.69. The van der Waals surface area contributed by atoms with E-state index < -0.39 is 5.41 Å². The topological polar surface area (TPSA) is 20.2 Å². The average molecular weight is 563 g/mol. The van der Waals surface area contributed by atoms with Crippen molar-refractivity contribution in [1.82, 2.24) is 0 Å². The van der Waals surface area contributed by atoms with Crippen LogP contribution in [0, 0.1) is 5.41 Å². The molecule has 0 bridgehead atoms. The van der Waals surface area contributed by atoms with Gasteiger partial charge >= 0.3 is 0 Å². The molecule has 0 fully saturated rings. The molecule has 1 N–H and O–H groups in total. The largest absolute Gasteiger partial charge is 0.508 e. The van der Waals surface area contributed by atoms with Crippen molar-refractivity contribution in [1.29, 1.82) is 0 Å². The van der Waals surface area contributed by atoms with E-state index in [1.165, 1.54) is 65.7 Å². The lowest BCUT2D eigenvalue weighted by Crippen LogP contribution is -2.38. The molecule has 8 rings (SSSR count). The molecule has 5 aromatic rings. The Morgan fingerprint density at radius 1 is 0.714 bits per heavy atom. The first-order valence-corrected chi connectivity index (χ1v) is 15.8. The van der Waals surface area contributed by atoms with Crippen LogP contribution in [0.5, 0.6) is 5.75 Å². The fraction of sp³-hybridized carbons (Fsp3) is 0.200. The van der Waals surface area contributed by atoms with E-state index in [0.717, 1.165) is 6.42 Å². The highest BCUT2D eigenvalue weighted by Gasteiger charge is 2.47. The number of allylic oxidation sites excluding steroid dienone is 5. The molecule has 0 saturated carbocycles. The average Bonchev–Trinajstić information content (AvgIpc) is 3.46. The molecular weight excluding hydrogens is 529 g/mol. The Kier molecular flexibility index (Phi) is 5.29. The monoisotopic (exact) mass is 562 g/mol. The van der Waals surface area contributed by atoms with E-state index in [-0.39, 0.29) is 10.8 Å². The van der Waals surface area contributed by atoms with E-state index in [1.54, 1.807) is 11.3 Å². The van der Waals surface area contributed by atoms with Gasteiger partial charge in [0.25, 0.3) is 0 Å². The van der Waals surface area contributed by atoms with Crippen LogP contribution in [0.25, 0.3) is 33.5 Å². The predicted molar refractivity (Wildman–Crippen MR) is 178 cm³/mol. The summed E-state index contributed by atoms with van der Waals surface area (Å²) in [6.07, 6.45) is 10.6. The Morgan fingerprint density at radius 3 is 2.12 bits per heavy atom. The van der Waals surface area contributed by atoms with E-state index in [4.69, 9.17) is 0 Å². The molecule has 0 aliphatic heterocycles. The molecule has 2 heteroatoms. The number of phenolic OH excluding ortho intramolecular Hbond substituents is 1. The highest BCUT2D eigenvalue weighted by molar-refractivity contribution is 7.10. The summed E-state index contributed by atoms with van der Waals surface area (Å²) < 4.78 is 0. The van der Waals surface area contributed by atoms with Crippen molar-refractivity contribution in [3.8, 4) is 16.9 Å². The van der Waals surface area contributed by atoms with Crippen LogP contribution in [0.4, 0.5) is 0 Å². The van der Waals surface area contributed by atoms with E-state index in [1.807, 2.05) is 12.1 Å². The van der Waals surface area contributed by atoms with Gasteiger partial charge in [0.15, 0.2) is 0 Å². The minimum absolute atomic E-state index is 0.0270. The van der Waals surface area contributed by atoms with Crippen molar-refractivity contribution in [2.75, 3.05) is 0 Å². The summed E-state index contributed by atoms with van der Waals surface area (Å²) in [6, 6.07) is 30.4. The van der Waals surface area contributed by atoms with Gasteiger partial charge in [0.2, 0.25) is 0 Å². The molecule has 42 heavy (non-hydrogen) atoms. The quantitative estimate of drug-likeness (QED) is 0.227. The van der Waals surface area contributed by atoms with Crippen molar-refractivity contribution in [3.63, 3.8) is 0 Å². The number of fused-ring (bicyclic) bond motifs is 9. The maximum absolute atomic E-state index is 10.2. The van der Waals surface area contributed by atoms with Gasteiger partial charge in [-0.3, -0.25) is 0 Å². The zero-order chi connectivity index (χ0) is 28.9. The zero-order valence-electron chi connectivity index (χ0n) is 24.5. The summed E-state index contributed by atoms with van der Waals surface area (Å²) in [5, 5.41) is 15.0. The van der Waals surface area contributed by atoms with Gasteiger partial charge < -0.3 is 5.11 Å². The molecule has 3 aliphatic rings. The SMILES string of the molecule is CC1(C)Cc2ccccc2-c2c(c3c(c4ccccc24)C2=C(C=C2)C(c2ccc(O)cc2)(c2cccs2)C=C3)C1(C)C. The predicted octanol–water partition coefficient (Wildman–Crippen LogP) is 10.5. The van der Waals surface area contributed by atoms with Crippen LogP contribution >= 0.6 is 11.3 Å². The van der Waals surface area contributed by atoms with Crippen molar-refractivity contribution < 1.29 is 5.11 Å². The van der Waals surface area contributed by atoms with Gasteiger partial charge in [-0.05, 0) is 102 Å². The van der Waals surface area contributed by atoms with Gasteiger partial charge in [0.05, 0.1) is 5.41 Å². The summed E-state index contributed by atoms with van der Waals surface area (Å²) in [5.74, 6) is 0.290. The molecule has 206 valence electrons. The van der Waals surface area contributed by atoms with Crippen LogP contribution in [-0.2, 0) is 17.3 Å². The molecule has 0 saturated heterocycles. The molecule has 0 radical (unpaired) electrons. The molecule has 1 nitrogen and oxygen atoms in total. The molecule has 0 amide bonds. The molecule has 1 aromatic heterocycles. The lowest BCUT2D eigenvalue weighted by Gasteiger charge is -2.43. The van der Waals surface area contributed by atoms with Crippen molar-refractivity contribution in [2.24, 2.45) is 5.41 Å². The first-order valence-electron chi connectivity index (χ1n) is 14.9. The van der Waals surface area contributed by atoms with E-state index >= 15 is 0 Å². The molecule has 3 aliphatic carbocycles. The number of rotatable bonds is 2. The molecule has 0 spiro atoms. The molecule has 1 atom stereocenters. The Morgan fingerprint density at radius 2 is 1.43 bits per heavy atom. The van der Waals surface area contributed by atoms with Crippen LogP contribution in [0.15, 0.2) is 114 Å². The second-order valence-corrected chi connectivity index (χ2v) is 14.2. The number of hydrogen-bond acceptors (Lipinski definition) is 2. The van der Waals surface area contributed by atoms with Gasteiger partial charge in [0.1, 0.15) is 5.75 Å². The Hall–Kier alpha value is -4.14.